The molecule has 0 atom stereocenters. The van der Waals surface area contributed by atoms with Crippen LogP contribution in [0.4, 0.5) is 5.13 Å². The highest BCUT2D eigenvalue weighted by Gasteiger charge is 2.31. The van der Waals surface area contributed by atoms with Crippen LogP contribution < -0.4 is 5.32 Å². The molecule has 10 heteroatoms. The number of hydrogen-bond acceptors (Lipinski definition) is 7. The third-order valence-corrected chi connectivity index (χ3v) is 6.48. The maximum absolute atomic E-state index is 12.6. The predicted molar refractivity (Wildman–Crippen MR) is 123 cm³/mol. The first kappa shape index (κ1) is 21.9. The van der Waals surface area contributed by atoms with Gasteiger partial charge in [-0.2, -0.15) is 0 Å². The summed E-state index contributed by atoms with van der Waals surface area (Å²) < 4.78 is 0.569. The molecule has 1 fully saturated rings. The molecule has 3 rings (SSSR count). The van der Waals surface area contributed by atoms with Crippen LogP contribution in [0.25, 0.3) is 6.08 Å². The van der Waals surface area contributed by atoms with Gasteiger partial charge in [-0.15, -0.1) is 10.2 Å². The lowest BCUT2D eigenvalue weighted by Crippen LogP contribution is -2.29. The monoisotopic (exact) mass is 466 g/mol. The van der Waals surface area contributed by atoms with Crippen LogP contribution in [0.5, 0.6) is 0 Å². The molecule has 1 N–H and O–H groups in total. The van der Waals surface area contributed by atoms with Crippen LogP contribution in [0.2, 0.25) is 5.02 Å². The fourth-order valence-electron chi connectivity index (χ4n) is 2.66. The molecular formula is C19H19ClN4O2S3. The molecule has 0 aliphatic carbocycles. The number of aryl methyl sites for hydroxylation is 1. The molecule has 0 bridgehead atoms. The van der Waals surface area contributed by atoms with Crippen molar-refractivity contribution in [1.82, 2.24) is 15.1 Å². The number of carbonyl (C=O) groups is 2. The summed E-state index contributed by atoms with van der Waals surface area (Å²) in [5.74, 6) is -0.142. The second-order valence-electron chi connectivity index (χ2n) is 6.37. The van der Waals surface area contributed by atoms with Gasteiger partial charge in [0, 0.05) is 18.0 Å². The second-order valence-corrected chi connectivity index (χ2v) is 9.66. The number of carbonyl (C=O) groups excluding carboxylic acids is 2. The number of thiocarbonyl (C=S) groups is 1. The van der Waals surface area contributed by atoms with Crippen LogP contribution in [-0.4, -0.2) is 37.8 Å². The molecule has 0 saturated carbocycles. The zero-order chi connectivity index (χ0) is 20.8. The number of amides is 2. The molecule has 1 aromatic carbocycles. The Morgan fingerprint density at radius 3 is 2.69 bits per heavy atom. The highest BCUT2D eigenvalue weighted by Crippen LogP contribution is 2.33. The van der Waals surface area contributed by atoms with Gasteiger partial charge in [0.05, 0.1) is 4.91 Å². The summed E-state index contributed by atoms with van der Waals surface area (Å²) in [5, 5.41) is 12.5. The van der Waals surface area contributed by atoms with Gasteiger partial charge in [0.1, 0.15) is 9.33 Å². The van der Waals surface area contributed by atoms with Crippen molar-refractivity contribution in [2.24, 2.45) is 0 Å². The highest BCUT2D eigenvalue weighted by molar-refractivity contribution is 8.26. The Hall–Kier alpha value is -1.81. The van der Waals surface area contributed by atoms with E-state index in [0.717, 1.165) is 29.8 Å². The largest absolute Gasteiger partial charge is 0.301 e. The van der Waals surface area contributed by atoms with Crippen molar-refractivity contribution in [2.45, 2.75) is 32.6 Å². The number of unbranched alkanes of at least 4 members (excludes halogenated alkanes) is 2. The molecule has 6 nitrogen and oxygen atoms in total. The lowest BCUT2D eigenvalue weighted by molar-refractivity contribution is -0.122. The average Bonchev–Trinajstić information content (AvgIpc) is 3.20. The molecule has 1 aromatic heterocycles. The fourth-order valence-corrected chi connectivity index (χ4v) is 4.71. The number of benzene rings is 1. The molecular weight excluding hydrogens is 448 g/mol. The fraction of sp³-hybridized carbons (Fsp3) is 0.316. The van der Waals surface area contributed by atoms with Gasteiger partial charge in [-0.05, 0) is 43.5 Å². The number of aromatic nitrogens is 2. The number of anilines is 1. The van der Waals surface area contributed by atoms with Crippen molar-refractivity contribution >= 4 is 74.3 Å². The van der Waals surface area contributed by atoms with Crippen LogP contribution in [0.1, 0.15) is 36.3 Å². The van der Waals surface area contributed by atoms with E-state index in [4.69, 9.17) is 23.8 Å². The van der Waals surface area contributed by atoms with Crippen molar-refractivity contribution in [3.8, 4) is 0 Å². The highest BCUT2D eigenvalue weighted by atomic mass is 35.5. The first-order valence-corrected chi connectivity index (χ1v) is 11.4. The summed E-state index contributed by atoms with van der Waals surface area (Å²) in [6.07, 6.45) is 4.59. The maximum Gasteiger partial charge on any atom is 0.266 e. The molecule has 1 aliphatic rings. The molecule has 2 heterocycles. The Morgan fingerprint density at radius 2 is 2.00 bits per heavy atom. The third-order valence-electron chi connectivity index (χ3n) is 4.10. The summed E-state index contributed by atoms with van der Waals surface area (Å²) in [4.78, 5) is 26.8. The van der Waals surface area contributed by atoms with Gasteiger partial charge in [-0.1, -0.05) is 65.5 Å². The molecule has 2 amide bonds. The van der Waals surface area contributed by atoms with Gasteiger partial charge >= 0.3 is 0 Å². The minimum Gasteiger partial charge on any atom is -0.301 e. The quantitative estimate of drug-likeness (QED) is 0.339. The maximum atomic E-state index is 12.6. The van der Waals surface area contributed by atoms with Crippen molar-refractivity contribution < 1.29 is 9.59 Å². The minimum absolute atomic E-state index is 0.0701. The van der Waals surface area contributed by atoms with E-state index >= 15 is 0 Å². The molecule has 29 heavy (non-hydrogen) atoms. The van der Waals surface area contributed by atoms with E-state index in [1.807, 2.05) is 25.1 Å². The number of rotatable bonds is 8. The van der Waals surface area contributed by atoms with E-state index in [-0.39, 0.29) is 11.8 Å². The smallest absolute Gasteiger partial charge is 0.266 e. The van der Waals surface area contributed by atoms with Gasteiger partial charge in [0.25, 0.3) is 5.91 Å². The van der Waals surface area contributed by atoms with Crippen molar-refractivity contribution in [3.05, 3.63) is 44.8 Å². The number of hydrogen-bond donors (Lipinski definition) is 1. The lowest BCUT2D eigenvalue weighted by Gasteiger charge is -2.13. The van der Waals surface area contributed by atoms with E-state index in [1.54, 1.807) is 17.0 Å². The number of nitrogens with one attached hydrogen (secondary N) is 1. The molecule has 0 radical (unpaired) electrons. The Labute approximate surface area is 187 Å². The Bertz CT molecular complexity index is 943. The van der Waals surface area contributed by atoms with E-state index in [0.29, 0.717) is 32.3 Å². The van der Waals surface area contributed by atoms with Crippen LogP contribution in [0.3, 0.4) is 0 Å². The molecule has 2 aromatic rings. The SMILES string of the molecule is Cc1nnc(NC(=O)CCCCCN2C(=O)/C(=C/c3ccc(Cl)cc3)SC2=S)s1. The molecule has 0 unspecified atom stereocenters. The number of halogens is 1. The van der Waals surface area contributed by atoms with E-state index in [2.05, 4.69) is 15.5 Å². The summed E-state index contributed by atoms with van der Waals surface area (Å²) in [6.45, 7) is 2.39. The Balaban J connectivity index is 1.41. The first-order chi connectivity index (χ1) is 13.9. The lowest BCUT2D eigenvalue weighted by atomic mass is 10.2. The van der Waals surface area contributed by atoms with Crippen LogP contribution >= 0.6 is 46.9 Å². The summed E-state index contributed by atoms with van der Waals surface area (Å²) in [7, 11) is 0. The normalized spacial score (nSPS) is 15.4. The molecule has 0 spiro atoms. The second kappa shape index (κ2) is 10.3. The zero-order valence-electron chi connectivity index (χ0n) is 15.7. The van der Waals surface area contributed by atoms with Gasteiger partial charge in [-0.3, -0.25) is 14.5 Å². The van der Waals surface area contributed by atoms with Crippen molar-refractivity contribution in [3.63, 3.8) is 0 Å². The third kappa shape index (κ3) is 6.33. The van der Waals surface area contributed by atoms with Gasteiger partial charge in [0.15, 0.2) is 0 Å². The van der Waals surface area contributed by atoms with E-state index < -0.39 is 0 Å². The van der Waals surface area contributed by atoms with Gasteiger partial charge in [-0.25, -0.2) is 0 Å². The van der Waals surface area contributed by atoms with Crippen molar-refractivity contribution in [2.75, 3.05) is 11.9 Å². The first-order valence-electron chi connectivity index (χ1n) is 9.03. The van der Waals surface area contributed by atoms with Gasteiger partial charge < -0.3 is 5.32 Å². The molecule has 1 aliphatic heterocycles. The average molecular weight is 467 g/mol. The van der Waals surface area contributed by atoms with E-state index in [9.17, 15) is 9.59 Å². The van der Waals surface area contributed by atoms with E-state index in [1.165, 1.54) is 23.1 Å². The predicted octanol–water partition coefficient (Wildman–Crippen LogP) is 4.90. The van der Waals surface area contributed by atoms with Gasteiger partial charge in [0.2, 0.25) is 11.0 Å². The number of thioether (sulfide) groups is 1. The summed E-state index contributed by atoms with van der Waals surface area (Å²) >= 11 is 13.9. The number of nitrogens with zero attached hydrogens (tertiary/aromatic N) is 3. The van der Waals surface area contributed by atoms with Crippen LogP contribution in [0, 0.1) is 6.92 Å². The van der Waals surface area contributed by atoms with Crippen molar-refractivity contribution in [1.29, 1.82) is 0 Å². The molecule has 1 saturated heterocycles. The topological polar surface area (TPSA) is 75.2 Å². The Morgan fingerprint density at radius 1 is 1.24 bits per heavy atom. The summed E-state index contributed by atoms with van der Waals surface area (Å²) in [5.41, 5.74) is 0.909. The van der Waals surface area contributed by atoms with Crippen LogP contribution in [-0.2, 0) is 9.59 Å². The Kier molecular flexibility index (Phi) is 7.77. The minimum atomic E-state index is -0.0716. The van der Waals surface area contributed by atoms with Crippen LogP contribution in [0.15, 0.2) is 29.2 Å². The molecule has 152 valence electrons. The standard InChI is InChI=1S/C19H19ClN4O2S3/c1-12-22-23-18(28-12)21-16(25)5-3-2-4-10-24-17(26)15(29-19(24)27)11-13-6-8-14(20)9-7-13/h6-9,11H,2-5,10H2,1H3,(H,21,23,25)/b15-11-. The summed E-state index contributed by atoms with van der Waals surface area (Å²) in [6, 6.07) is 7.30. The zero-order valence-corrected chi connectivity index (χ0v) is 18.9.